The maximum atomic E-state index is 12.7. The second-order valence-corrected chi connectivity index (χ2v) is 11.7. The molecule has 1 aromatic heterocycles. The van der Waals surface area contributed by atoms with Gasteiger partial charge in [-0.15, -0.1) is 11.3 Å². The molecular formula is C21H23N3O3S3. The molecule has 1 unspecified atom stereocenters. The number of thiazole rings is 1. The first-order valence-corrected chi connectivity index (χ1v) is 13.0. The lowest BCUT2D eigenvalue weighted by Crippen LogP contribution is -2.35. The molecule has 9 heteroatoms. The fraction of sp³-hybridized carbons (Fsp3) is 0.333. The van der Waals surface area contributed by atoms with E-state index < -0.39 is 10.0 Å². The number of para-hydroxylation sites is 1. The Bertz CT molecular complexity index is 1100. The van der Waals surface area contributed by atoms with Crippen molar-refractivity contribution in [1.82, 2.24) is 9.29 Å². The minimum atomic E-state index is -3.47. The highest BCUT2D eigenvalue weighted by Gasteiger charge is 2.26. The highest BCUT2D eigenvalue weighted by Crippen LogP contribution is 2.32. The van der Waals surface area contributed by atoms with Gasteiger partial charge in [0, 0.05) is 18.8 Å². The summed E-state index contributed by atoms with van der Waals surface area (Å²) in [6.07, 6.45) is 2.87. The summed E-state index contributed by atoms with van der Waals surface area (Å²) in [6.45, 7) is 2.98. The van der Waals surface area contributed by atoms with E-state index >= 15 is 0 Å². The van der Waals surface area contributed by atoms with Gasteiger partial charge in [0.05, 0.1) is 20.4 Å². The molecule has 0 spiro atoms. The van der Waals surface area contributed by atoms with E-state index in [4.69, 9.17) is 0 Å². The van der Waals surface area contributed by atoms with Gasteiger partial charge in [-0.2, -0.15) is 4.31 Å². The molecule has 1 amide bonds. The van der Waals surface area contributed by atoms with Crippen molar-refractivity contribution in [2.24, 2.45) is 0 Å². The number of sulfonamides is 1. The van der Waals surface area contributed by atoms with Crippen molar-refractivity contribution in [2.75, 3.05) is 18.4 Å². The summed E-state index contributed by atoms with van der Waals surface area (Å²) < 4.78 is 29.0. The highest BCUT2D eigenvalue weighted by molar-refractivity contribution is 8.02. The molecule has 6 nitrogen and oxygen atoms in total. The van der Waals surface area contributed by atoms with E-state index in [0.29, 0.717) is 18.8 Å². The Hall–Kier alpha value is -1.94. The van der Waals surface area contributed by atoms with Crippen molar-refractivity contribution in [3.05, 3.63) is 48.5 Å². The van der Waals surface area contributed by atoms with E-state index in [1.807, 2.05) is 31.2 Å². The van der Waals surface area contributed by atoms with E-state index in [0.717, 1.165) is 33.8 Å². The minimum Gasteiger partial charge on any atom is -0.325 e. The van der Waals surface area contributed by atoms with Crippen LogP contribution in [0.15, 0.2) is 57.8 Å². The topological polar surface area (TPSA) is 79.4 Å². The van der Waals surface area contributed by atoms with Gasteiger partial charge in [0.25, 0.3) is 0 Å². The standard InChI is InChI=1S/C21H23N3O3S3/c1-15(28-21-23-18-7-3-4-8-19(18)29-21)20(25)22-16-9-11-17(12-10-16)30(26,27)24-13-5-2-6-14-24/h3-4,7-12,15H,2,5-6,13-14H2,1H3,(H,22,25). The third-order valence-corrected chi connectivity index (χ3v) is 9.14. The van der Waals surface area contributed by atoms with Gasteiger partial charge in [-0.3, -0.25) is 4.79 Å². The summed E-state index contributed by atoms with van der Waals surface area (Å²) in [5, 5.41) is 2.53. The van der Waals surface area contributed by atoms with Gasteiger partial charge in [-0.25, -0.2) is 13.4 Å². The zero-order valence-corrected chi connectivity index (χ0v) is 19.0. The molecule has 1 aliphatic heterocycles. The van der Waals surface area contributed by atoms with E-state index in [1.165, 1.54) is 11.8 Å². The quantitative estimate of drug-likeness (QED) is 0.543. The van der Waals surface area contributed by atoms with Gasteiger partial charge in [-0.1, -0.05) is 30.3 Å². The van der Waals surface area contributed by atoms with Crippen LogP contribution in [0.3, 0.4) is 0 Å². The number of anilines is 1. The predicted molar refractivity (Wildman–Crippen MR) is 123 cm³/mol. The third-order valence-electron chi connectivity index (χ3n) is 5.00. The molecule has 0 aliphatic carbocycles. The Balaban J connectivity index is 1.39. The van der Waals surface area contributed by atoms with Gasteiger partial charge < -0.3 is 5.32 Å². The van der Waals surface area contributed by atoms with Gasteiger partial charge in [0.15, 0.2) is 4.34 Å². The lowest BCUT2D eigenvalue weighted by atomic mass is 10.2. The number of benzene rings is 2. The van der Waals surface area contributed by atoms with Gasteiger partial charge in [0.1, 0.15) is 0 Å². The van der Waals surface area contributed by atoms with Crippen LogP contribution in [0, 0.1) is 0 Å². The molecule has 1 fully saturated rings. The first kappa shape index (κ1) is 21.3. The Morgan fingerprint density at radius 2 is 1.80 bits per heavy atom. The van der Waals surface area contributed by atoms with Crippen molar-refractivity contribution < 1.29 is 13.2 Å². The Morgan fingerprint density at radius 1 is 1.10 bits per heavy atom. The number of fused-ring (bicyclic) bond motifs is 1. The number of nitrogens with zero attached hydrogens (tertiary/aromatic N) is 2. The average Bonchev–Trinajstić information content (AvgIpc) is 3.17. The van der Waals surface area contributed by atoms with Crippen LogP contribution >= 0.6 is 23.1 Å². The molecule has 30 heavy (non-hydrogen) atoms. The van der Waals surface area contributed by atoms with Gasteiger partial charge >= 0.3 is 0 Å². The van der Waals surface area contributed by atoms with E-state index in [9.17, 15) is 13.2 Å². The number of amides is 1. The summed E-state index contributed by atoms with van der Waals surface area (Å²) in [6, 6.07) is 14.3. The van der Waals surface area contributed by atoms with Crippen molar-refractivity contribution in [2.45, 2.75) is 40.7 Å². The van der Waals surface area contributed by atoms with Crippen LogP contribution in [-0.4, -0.2) is 42.0 Å². The van der Waals surface area contributed by atoms with Crippen molar-refractivity contribution >= 4 is 54.9 Å². The highest BCUT2D eigenvalue weighted by atomic mass is 32.2. The second kappa shape index (κ2) is 9.05. The van der Waals surface area contributed by atoms with Gasteiger partial charge in [-0.05, 0) is 56.2 Å². The molecule has 1 atom stereocenters. The lowest BCUT2D eigenvalue weighted by Gasteiger charge is -2.25. The molecule has 3 aromatic rings. The molecule has 1 saturated heterocycles. The zero-order chi connectivity index (χ0) is 21.1. The molecule has 0 saturated carbocycles. The van der Waals surface area contributed by atoms with Crippen molar-refractivity contribution in [1.29, 1.82) is 0 Å². The number of aromatic nitrogens is 1. The zero-order valence-electron chi connectivity index (χ0n) is 16.6. The van der Waals surface area contributed by atoms with Gasteiger partial charge in [0.2, 0.25) is 15.9 Å². The first-order valence-electron chi connectivity index (χ1n) is 9.87. The number of thioether (sulfide) groups is 1. The molecule has 158 valence electrons. The van der Waals surface area contributed by atoms with E-state index in [1.54, 1.807) is 39.9 Å². The fourth-order valence-electron chi connectivity index (χ4n) is 3.31. The normalized spacial score (nSPS) is 16.4. The summed E-state index contributed by atoms with van der Waals surface area (Å²) >= 11 is 2.98. The number of carbonyl (C=O) groups excluding carboxylic acids is 1. The smallest absolute Gasteiger partial charge is 0.243 e. The summed E-state index contributed by atoms with van der Waals surface area (Å²) in [4.78, 5) is 17.4. The van der Waals surface area contributed by atoms with Crippen LogP contribution < -0.4 is 5.32 Å². The molecule has 1 aliphatic rings. The summed E-state index contributed by atoms with van der Waals surface area (Å²) in [7, 11) is -3.47. The lowest BCUT2D eigenvalue weighted by molar-refractivity contribution is -0.115. The van der Waals surface area contributed by atoms with Crippen LogP contribution in [0.2, 0.25) is 0 Å². The predicted octanol–water partition coefficient (Wildman–Crippen LogP) is 4.59. The Labute approximate surface area is 184 Å². The van der Waals surface area contributed by atoms with Crippen molar-refractivity contribution in [3.8, 4) is 0 Å². The van der Waals surface area contributed by atoms with Crippen LogP contribution in [0.4, 0.5) is 5.69 Å². The monoisotopic (exact) mass is 461 g/mol. The van der Waals surface area contributed by atoms with Crippen LogP contribution in [0.25, 0.3) is 10.2 Å². The van der Waals surface area contributed by atoms with Crippen LogP contribution in [0.1, 0.15) is 26.2 Å². The minimum absolute atomic E-state index is 0.147. The number of carbonyl (C=O) groups is 1. The van der Waals surface area contributed by atoms with E-state index in [2.05, 4.69) is 10.3 Å². The third kappa shape index (κ3) is 4.69. The molecule has 2 aromatic carbocycles. The Morgan fingerprint density at radius 3 is 2.50 bits per heavy atom. The molecular weight excluding hydrogens is 438 g/mol. The first-order chi connectivity index (χ1) is 14.4. The Kier molecular flexibility index (Phi) is 6.43. The maximum Gasteiger partial charge on any atom is 0.243 e. The number of nitrogens with one attached hydrogen (secondary N) is 1. The van der Waals surface area contributed by atoms with Crippen molar-refractivity contribution in [3.63, 3.8) is 0 Å². The number of piperidine rings is 1. The van der Waals surface area contributed by atoms with E-state index in [-0.39, 0.29) is 16.1 Å². The number of hydrogen-bond acceptors (Lipinski definition) is 6. The molecule has 0 radical (unpaired) electrons. The maximum absolute atomic E-state index is 12.7. The molecule has 1 N–H and O–H groups in total. The fourth-order valence-corrected chi connectivity index (χ4v) is 7.04. The van der Waals surface area contributed by atoms with Crippen LogP contribution in [-0.2, 0) is 14.8 Å². The largest absolute Gasteiger partial charge is 0.325 e. The SMILES string of the molecule is CC(Sc1nc2ccccc2s1)C(=O)Nc1ccc(S(=O)(=O)N2CCCCC2)cc1. The number of rotatable bonds is 6. The molecule has 2 heterocycles. The molecule has 0 bridgehead atoms. The summed E-state index contributed by atoms with van der Waals surface area (Å²) in [5.41, 5.74) is 1.51. The van der Waals surface area contributed by atoms with Crippen LogP contribution in [0.5, 0.6) is 0 Å². The summed E-state index contributed by atoms with van der Waals surface area (Å²) in [5.74, 6) is -0.147. The average molecular weight is 462 g/mol. The number of hydrogen-bond donors (Lipinski definition) is 1. The second-order valence-electron chi connectivity index (χ2n) is 7.19. The molecule has 4 rings (SSSR count).